The molecule has 4 rings (SSSR count). The van der Waals surface area contributed by atoms with Gasteiger partial charge in [0.2, 0.25) is 0 Å². The van der Waals surface area contributed by atoms with Gasteiger partial charge in [-0.25, -0.2) is 8.42 Å². The van der Waals surface area contributed by atoms with Crippen LogP contribution in [0.2, 0.25) is 0 Å². The molecule has 0 aliphatic carbocycles. The zero-order valence-electron chi connectivity index (χ0n) is 20.3. The molecule has 0 spiro atoms. The molecule has 0 bridgehead atoms. The Hall–Kier alpha value is -1.53. The topological polar surface area (TPSA) is 105 Å². The molecule has 0 saturated carbocycles. The summed E-state index contributed by atoms with van der Waals surface area (Å²) in [6, 6.07) is 27.9. The molecule has 1 N–H and O–H groups in total. The van der Waals surface area contributed by atoms with Gasteiger partial charge in [0.1, 0.15) is 24.7 Å². The molecule has 0 atom stereocenters. The average Bonchev–Trinajstić information content (AvgIpc) is 2.86. The molecule has 0 fully saturated rings. The van der Waals surface area contributed by atoms with Gasteiger partial charge in [0.25, 0.3) is 0 Å². The quantitative estimate of drug-likeness (QED) is 0.175. The Morgan fingerprint density at radius 2 is 1.17 bits per heavy atom. The molecule has 0 aromatic heterocycles. The van der Waals surface area contributed by atoms with Crippen LogP contribution in [-0.4, -0.2) is 56.9 Å². The third kappa shape index (κ3) is 11.2. The first-order chi connectivity index (χ1) is 16.9. The first-order valence-corrected chi connectivity index (χ1v) is 12.9. The first-order valence-electron chi connectivity index (χ1n) is 11.3. The van der Waals surface area contributed by atoms with Crippen molar-refractivity contribution in [3.05, 3.63) is 84.9 Å². The molecule has 186 valence electrons. The SMILES string of the molecule is O=S(=O)([O-])CCCOCCOc1ccc2ccccc2c1.OCCOc1ccc2ccccc2c1.[K+]. The number of aliphatic hydroxyl groups excluding tert-OH is 1. The van der Waals surface area contributed by atoms with Crippen molar-refractivity contribution in [2.24, 2.45) is 0 Å². The van der Waals surface area contributed by atoms with Crippen molar-refractivity contribution >= 4 is 31.7 Å². The Morgan fingerprint density at radius 1 is 0.667 bits per heavy atom. The molecule has 4 aromatic rings. The minimum atomic E-state index is -4.14. The van der Waals surface area contributed by atoms with E-state index >= 15 is 0 Å². The maximum atomic E-state index is 10.4. The summed E-state index contributed by atoms with van der Waals surface area (Å²) < 4.78 is 47.2. The summed E-state index contributed by atoms with van der Waals surface area (Å²) in [5.74, 6) is 1.18. The van der Waals surface area contributed by atoms with Crippen LogP contribution in [0.3, 0.4) is 0 Å². The summed E-state index contributed by atoms with van der Waals surface area (Å²) in [4.78, 5) is 0. The minimum absolute atomic E-state index is 0. The fourth-order valence-electron chi connectivity index (χ4n) is 3.34. The molecule has 4 aromatic carbocycles. The van der Waals surface area contributed by atoms with Crippen LogP contribution >= 0.6 is 0 Å². The second-order valence-electron chi connectivity index (χ2n) is 7.67. The number of benzene rings is 4. The summed E-state index contributed by atoms with van der Waals surface area (Å²) in [6.07, 6.45) is 0.210. The predicted octanol–water partition coefficient (Wildman–Crippen LogP) is 1.39. The fourth-order valence-corrected chi connectivity index (χ4v) is 3.81. The molecule has 0 radical (unpaired) electrons. The molecular formula is C27H29KO7S. The van der Waals surface area contributed by atoms with Gasteiger partial charge in [-0.3, -0.25) is 0 Å². The van der Waals surface area contributed by atoms with Gasteiger partial charge in [0, 0.05) is 12.4 Å². The van der Waals surface area contributed by atoms with Crippen molar-refractivity contribution < 1.29 is 83.7 Å². The molecule has 0 aliphatic rings. The second kappa shape index (κ2) is 16.3. The molecule has 0 saturated heterocycles. The van der Waals surface area contributed by atoms with Crippen molar-refractivity contribution in [2.75, 3.05) is 38.8 Å². The molecular weight excluding hydrogens is 507 g/mol. The number of ether oxygens (including phenoxy) is 3. The van der Waals surface area contributed by atoms with Gasteiger partial charge in [-0.15, -0.1) is 0 Å². The summed E-state index contributed by atoms with van der Waals surface area (Å²) in [5, 5.41) is 13.2. The third-order valence-corrected chi connectivity index (χ3v) is 5.77. The van der Waals surface area contributed by atoms with E-state index in [4.69, 9.17) is 19.3 Å². The number of aliphatic hydroxyl groups is 1. The molecule has 0 heterocycles. The van der Waals surface area contributed by atoms with Crippen LogP contribution in [0.1, 0.15) is 6.42 Å². The van der Waals surface area contributed by atoms with Gasteiger partial charge in [-0.05, 0) is 52.2 Å². The van der Waals surface area contributed by atoms with Gasteiger partial charge in [0.15, 0.2) is 0 Å². The van der Waals surface area contributed by atoms with E-state index in [-0.39, 0.29) is 71.0 Å². The van der Waals surface area contributed by atoms with Crippen LogP contribution in [0.25, 0.3) is 21.5 Å². The zero-order chi connectivity index (χ0) is 24.9. The Morgan fingerprint density at radius 3 is 1.67 bits per heavy atom. The molecule has 9 heteroatoms. The molecule has 7 nitrogen and oxygen atoms in total. The van der Waals surface area contributed by atoms with Crippen LogP contribution in [0.5, 0.6) is 11.5 Å². The summed E-state index contributed by atoms with van der Waals surface area (Å²) in [6.45, 7) is 1.36. The van der Waals surface area contributed by atoms with Crippen molar-refractivity contribution in [1.82, 2.24) is 0 Å². The van der Waals surface area contributed by atoms with E-state index in [0.717, 1.165) is 27.7 Å². The number of fused-ring (bicyclic) bond motifs is 2. The average molecular weight is 537 g/mol. The minimum Gasteiger partial charge on any atom is -0.748 e. The summed E-state index contributed by atoms with van der Waals surface area (Å²) >= 11 is 0. The van der Waals surface area contributed by atoms with E-state index < -0.39 is 15.9 Å². The van der Waals surface area contributed by atoms with Crippen LogP contribution in [0.15, 0.2) is 84.9 Å². The van der Waals surface area contributed by atoms with Crippen molar-refractivity contribution in [2.45, 2.75) is 6.42 Å². The van der Waals surface area contributed by atoms with Crippen LogP contribution in [0.4, 0.5) is 0 Å². The second-order valence-corrected chi connectivity index (χ2v) is 9.19. The number of hydrogen-bond acceptors (Lipinski definition) is 7. The van der Waals surface area contributed by atoms with E-state index in [1.165, 1.54) is 5.39 Å². The maximum Gasteiger partial charge on any atom is 1.00 e. The van der Waals surface area contributed by atoms with Gasteiger partial charge in [-0.1, -0.05) is 60.7 Å². The summed E-state index contributed by atoms with van der Waals surface area (Å²) in [5.41, 5.74) is 0. The normalized spacial score (nSPS) is 10.8. The first kappa shape index (κ1) is 30.7. The summed E-state index contributed by atoms with van der Waals surface area (Å²) in [7, 11) is -4.14. The largest absolute Gasteiger partial charge is 1.00 e. The number of rotatable bonds is 11. The number of hydrogen-bond donors (Lipinski definition) is 1. The van der Waals surface area contributed by atoms with Gasteiger partial charge >= 0.3 is 51.4 Å². The Bertz CT molecular complexity index is 1310. The standard InChI is InChI=1S/C15H18O5S.C12H12O2.K/c16-21(17,18)11-3-8-19-9-10-20-15-7-6-13-4-1-2-5-14(13)12-15;13-7-8-14-12-6-5-10-3-1-2-4-11(10)9-12;/h1-2,4-7,12H,3,8-11H2,(H,16,17,18);1-6,9,13H,7-8H2;/q;;+1/p-1. The molecule has 36 heavy (non-hydrogen) atoms. The molecule has 0 aliphatic heterocycles. The smallest absolute Gasteiger partial charge is 0.748 e. The molecule has 0 unspecified atom stereocenters. The Kier molecular flexibility index (Phi) is 13.9. The Balaban J connectivity index is 0.000000265. The van der Waals surface area contributed by atoms with Crippen molar-refractivity contribution in [3.8, 4) is 11.5 Å². The zero-order valence-corrected chi connectivity index (χ0v) is 24.3. The van der Waals surface area contributed by atoms with E-state index in [9.17, 15) is 13.0 Å². The van der Waals surface area contributed by atoms with Crippen molar-refractivity contribution in [1.29, 1.82) is 0 Å². The van der Waals surface area contributed by atoms with E-state index in [2.05, 4.69) is 6.07 Å². The molecule has 0 amide bonds. The van der Waals surface area contributed by atoms with Crippen LogP contribution in [0, 0.1) is 0 Å². The van der Waals surface area contributed by atoms with E-state index in [1.54, 1.807) is 0 Å². The van der Waals surface area contributed by atoms with Crippen LogP contribution < -0.4 is 60.9 Å². The van der Waals surface area contributed by atoms with E-state index in [1.807, 2.05) is 78.9 Å². The van der Waals surface area contributed by atoms with Crippen LogP contribution in [-0.2, 0) is 14.9 Å². The third-order valence-electron chi connectivity index (χ3n) is 4.98. The maximum absolute atomic E-state index is 10.4. The van der Waals surface area contributed by atoms with Gasteiger partial charge < -0.3 is 23.9 Å². The van der Waals surface area contributed by atoms with Gasteiger partial charge in [-0.2, -0.15) is 0 Å². The fraction of sp³-hybridized carbons (Fsp3) is 0.259. The van der Waals surface area contributed by atoms with Crippen molar-refractivity contribution in [3.63, 3.8) is 0 Å². The monoisotopic (exact) mass is 536 g/mol. The predicted molar refractivity (Wildman–Crippen MR) is 136 cm³/mol. The Labute approximate surface area is 254 Å². The van der Waals surface area contributed by atoms with Gasteiger partial charge in [0.05, 0.1) is 23.3 Å². The van der Waals surface area contributed by atoms with E-state index in [0.29, 0.717) is 19.8 Å².